The first-order valence-electron chi connectivity index (χ1n) is 11.6. The third-order valence-corrected chi connectivity index (χ3v) is 9.28. The number of sulfonamides is 1. The zero-order chi connectivity index (χ0) is 24.9. The number of hydrogen-bond donors (Lipinski definition) is 0. The van der Waals surface area contributed by atoms with E-state index in [1.165, 1.54) is 28.6 Å². The first-order chi connectivity index (χ1) is 16.7. The van der Waals surface area contributed by atoms with Crippen LogP contribution in [0.15, 0.2) is 83.0 Å². The monoisotopic (exact) mass is 514 g/mol. The number of rotatable bonds is 9. The first kappa shape index (κ1) is 25.4. The predicted octanol–water partition coefficient (Wildman–Crippen LogP) is 2.78. The fourth-order valence-electron chi connectivity index (χ4n) is 4.33. The smallest absolute Gasteiger partial charge is 0.243 e. The van der Waals surface area contributed by atoms with E-state index >= 15 is 0 Å². The van der Waals surface area contributed by atoms with E-state index in [0.717, 1.165) is 43.6 Å². The summed E-state index contributed by atoms with van der Waals surface area (Å²) in [6.07, 6.45) is 8.41. The fourth-order valence-corrected chi connectivity index (χ4v) is 6.79. The Labute approximate surface area is 207 Å². The average molecular weight is 515 g/mol. The van der Waals surface area contributed by atoms with Gasteiger partial charge in [-0.1, -0.05) is 18.2 Å². The topological polar surface area (TPSA) is 101 Å². The van der Waals surface area contributed by atoms with Crippen LogP contribution in [-0.2, 0) is 32.8 Å². The van der Waals surface area contributed by atoms with E-state index in [1.54, 1.807) is 24.7 Å². The summed E-state index contributed by atoms with van der Waals surface area (Å²) >= 11 is 0. The zero-order valence-corrected chi connectivity index (χ0v) is 21.3. The molecule has 10 heteroatoms. The van der Waals surface area contributed by atoms with Crippen LogP contribution in [0.25, 0.3) is 0 Å². The lowest BCUT2D eigenvalue weighted by atomic mass is 10.0. The molecule has 0 aliphatic carbocycles. The van der Waals surface area contributed by atoms with E-state index in [2.05, 4.69) is 14.9 Å². The number of piperidine rings is 1. The Kier molecular flexibility index (Phi) is 7.95. The van der Waals surface area contributed by atoms with Gasteiger partial charge in [-0.25, -0.2) is 16.8 Å². The molecule has 1 aliphatic rings. The van der Waals surface area contributed by atoms with Gasteiger partial charge in [-0.2, -0.15) is 4.31 Å². The SMILES string of the molecule is CS(=O)(=O)c1cccc(S(=O)(=O)N(Cc2cccnc2)C2CCN(CCc3ccccn3)CC2)c1. The number of benzene rings is 1. The van der Waals surface area contributed by atoms with Gasteiger partial charge in [-0.15, -0.1) is 0 Å². The normalized spacial score (nSPS) is 15.9. The second-order valence-corrected chi connectivity index (χ2v) is 12.7. The lowest BCUT2D eigenvalue weighted by molar-refractivity contribution is 0.157. The summed E-state index contributed by atoms with van der Waals surface area (Å²) in [7, 11) is -7.48. The number of nitrogens with zero attached hydrogens (tertiary/aromatic N) is 4. The molecule has 4 rings (SSSR count). The van der Waals surface area contributed by atoms with Gasteiger partial charge in [0.25, 0.3) is 0 Å². The lowest BCUT2D eigenvalue weighted by Crippen LogP contribution is -2.47. The van der Waals surface area contributed by atoms with Crippen LogP contribution in [0, 0.1) is 0 Å². The molecule has 0 atom stereocenters. The van der Waals surface area contributed by atoms with Crippen molar-refractivity contribution in [3.8, 4) is 0 Å². The van der Waals surface area contributed by atoms with Crippen LogP contribution in [0.4, 0.5) is 0 Å². The average Bonchev–Trinajstić information content (AvgIpc) is 2.87. The summed E-state index contributed by atoms with van der Waals surface area (Å²) in [5.74, 6) is 0. The van der Waals surface area contributed by atoms with Crippen LogP contribution in [-0.4, -0.2) is 67.9 Å². The first-order valence-corrected chi connectivity index (χ1v) is 14.9. The fraction of sp³-hybridized carbons (Fsp3) is 0.360. The van der Waals surface area contributed by atoms with E-state index < -0.39 is 19.9 Å². The Balaban J connectivity index is 1.53. The lowest BCUT2D eigenvalue weighted by Gasteiger charge is -2.38. The highest BCUT2D eigenvalue weighted by Gasteiger charge is 2.34. The van der Waals surface area contributed by atoms with Crippen molar-refractivity contribution in [2.24, 2.45) is 0 Å². The molecule has 1 fully saturated rings. The van der Waals surface area contributed by atoms with E-state index in [9.17, 15) is 16.8 Å². The van der Waals surface area contributed by atoms with Crippen molar-refractivity contribution < 1.29 is 16.8 Å². The van der Waals surface area contributed by atoms with Gasteiger partial charge < -0.3 is 4.90 Å². The molecule has 0 bridgehead atoms. The molecule has 3 heterocycles. The van der Waals surface area contributed by atoms with Crippen molar-refractivity contribution >= 4 is 19.9 Å². The highest BCUT2D eigenvalue weighted by Crippen LogP contribution is 2.28. The summed E-state index contributed by atoms with van der Waals surface area (Å²) in [6, 6.07) is 14.9. The van der Waals surface area contributed by atoms with Crippen LogP contribution < -0.4 is 0 Å². The molecular weight excluding hydrogens is 484 g/mol. The molecule has 0 spiro atoms. The second-order valence-electron chi connectivity index (χ2n) is 8.80. The van der Waals surface area contributed by atoms with E-state index in [4.69, 9.17) is 0 Å². The number of aromatic nitrogens is 2. The molecular formula is C25H30N4O4S2. The molecule has 8 nitrogen and oxygen atoms in total. The molecule has 2 aromatic heterocycles. The molecule has 1 aromatic carbocycles. The number of pyridine rings is 2. The van der Waals surface area contributed by atoms with Gasteiger partial charge in [0.15, 0.2) is 9.84 Å². The number of likely N-dealkylation sites (tertiary alicyclic amines) is 1. The highest BCUT2D eigenvalue weighted by molar-refractivity contribution is 7.91. The van der Waals surface area contributed by atoms with Crippen LogP contribution >= 0.6 is 0 Å². The van der Waals surface area contributed by atoms with Crippen LogP contribution in [0.5, 0.6) is 0 Å². The number of hydrogen-bond acceptors (Lipinski definition) is 7. The van der Waals surface area contributed by atoms with Crippen molar-refractivity contribution in [3.05, 3.63) is 84.4 Å². The maximum atomic E-state index is 13.8. The van der Waals surface area contributed by atoms with Crippen molar-refractivity contribution in [2.45, 2.75) is 41.6 Å². The predicted molar refractivity (Wildman–Crippen MR) is 134 cm³/mol. The van der Waals surface area contributed by atoms with Gasteiger partial charge in [0, 0.05) is 56.1 Å². The van der Waals surface area contributed by atoms with Crippen molar-refractivity contribution in [2.75, 3.05) is 25.9 Å². The van der Waals surface area contributed by atoms with Crippen molar-refractivity contribution in [3.63, 3.8) is 0 Å². The van der Waals surface area contributed by atoms with Crippen LogP contribution in [0.3, 0.4) is 0 Å². The Bertz CT molecular complexity index is 1330. The van der Waals surface area contributed by atoms with E-state index in [0.29, 0.717) is 12.8 Å². The summed E-state index contributed by atoms with van der Waals surface area (Å²) in [5, 5.41) is 0. The van der Waals surface area contributed by atoms with Gasteiger partial charge in [0.2, 0.25) is 10.0 Å². The van der Waals surface area contributed by atoms with Crippen molar-refractivity contribution in [1.82, 2.24) is 19.2 Å². The van der Waals surface area contributed by atoms with Gasteiger partial charge in [-0.05, 0) is 67.9 Å². The standard InChI is InChI=1S/C25H30N4O4S2/c1-34(30,31)24-8-4-9-25(18-24)35(32,33)29(20-21-6-5-13-26-19-21)23-11-16-28(17-12-23)15-10-22-7-2-3-14-27-22/h2-9,13-14,18-19,23H,10-12,15-17,20H2,1H3. The van der Waals surface area contributed by atoms with Crippen molar-refractivity contribution in [1.29, 1.82) is 0 Å². The third-order valence-electron chi connectivity index (χ3n) is 6.28. The van der Waals surface area contributed by atoms with Gasteiger partial charge >= 0.3 is 0 Å². The molecule has 1 saturated heterocycles. The molecule has 0 N–H and O–H groups in total. The zero-order valence-electron chi connectivity index (χ0n) is 19.7. The maximum Gasteiger partial charge on any atom is 0.243 e. The van der Waals surface area contributed by atoms with Crippen LogP contribution in [0.1, 0.15) is 24.1 Å². The molecule has 0 radical (unpaired) electrons. The maximum absolute atomic E-state index is 13.8. The van der Waals surface area contributed by atoms with E-state index in [1.807, 2.05) is 24.3 Å². The second kappa shape index (κ2) is 10.9. The van der Waals surface area contributed by atoms with E-state index in [-0.39, 0.29) is 22.4 Å². The minimum absolute atomic E-state index is 0.00996. The highest BCUT2D eigenvalue weighted by atomic mass is 32.2. The third kappa shape index (κ3) is 6.52. The number of sulfone groups is 1. The summed E-state index contributed by atoms with van der Waals surface area (Å²) in [5.41, 5.74) is 1.83. The van der Waals surface area contributed by atoms with Crippen LogP contribution in [0.2, 0.25) is 0 Å². The molecule has 0 unspecified atom stereocenters. The van der Waals surface area contributed by atoms with Gasteiger partial charge in [0.05, 0.1) is 9.79 Å². The molecule has 186 valence electrons. The molecule has 0 amide bonds. The molecule has 35 heavy (non-hydrogen) atoms. The minimum Gasteiger partial charge on any atom is -0.303 e. The quantitative estimate of drug-likeness (QED) is 0.433. The Morgan fingerprint density at radius 3 is 2.37 bits per heavy atom. The summed E-state index contributed by atoms with van der Waals surface area (Å²) < 4.78 is 53.2. The Morgan fingerprint density at radius 1 is 0.943 bits per heavy atom. The molecule has 1 aliphatic heterocycles. The minimum atomic E-state index is -3.94. The van der Waals surface area contributed by atoms with Gasteiger partial charge in [-0.3, -0.25) is 9.97 Å². The largest absolute Gasteiger partial charge is 0.303 e. The molecule has 0 saturated carbocycles. The molecule has 3 aromatic rings. The Morgan fingerprint density at radius 2 is 1.71 bits per heavy atom. The Hall–Kier alpha value is -2.66. The summed E-state index contributed by atoms with van der Waals surface area (Å²) in [6.45, 7) is 2.60. The van der Waals surface area contributed by atoms with Gasteiger partial charge in [0.1, 0.15) is 0 Å². The summed E-state index contributed by atoms with van der Waals surface area (Å²) in [4.78, 5) is 10.8.